The van der Waals surface area contributed by atoms with E-state index in [2.05, 4.69) is 10.2 Å². The van der Waals surface area contributed by atoms with Gasteiger partial charge in [0.25, 0.3) is 5.56 Å². The second-order valence-electron chi connectivity index (χ2n) is 3.96. The van der Waals surface area contributed by atoms with E-state index in [-0.39, 0.29) is 11.2 Å². The molecule has 0 saturated heterocycles. The Morgan fingerprint density at radius 2 is 1.89 bits per heavy atom. The third kappa shape index (κ3) is 1.59. The number of para-hydroxylation sites is 1. The number of nitrogen functional groups attached to an aromatic ring is 1. The highest BCUT2D eigenvalue weighted by atomic mass is 19.1. The number of hydrogen-bond donors (Lipinski definition) is 2. The van der Waals surface area contributed by atoms with Crippen molar-refractivity contribution in [3.8, 4) is 5.69 Å². The number of pyridine rings is 1. The van der Waals surface area contributed by atoms with Crippen LogP contribution in [0.4, 0.5) is 14.6 Å². The predicted octanol–water partition coefficient (Wildman–Crippen LogP) is 1.57. The molecule has 0 aliphatic heterocycles. The second kappa shape index (κ2) is 3.91. The molecule has 19 heavy (non-hydrogen) atoms. The van der Waals surface area contributed by atoms with E-state index in [4.69, 9.17) is 5.73 Å². The Morgan fingerprint density at radius 3 is 2.58 bits per heavy atom. The highest BCUT2D eigenvalue weighted by Crippen LogP contribution is 2.18. The van der Waals surface area contributed by atoms with Crippen LogP contribution in [0.25, 0.3) is 16.6 Å². The van der Waals surface area contributed by atoms with E-state index in [0.717, 1.165) is 16.7 Å². The van der Waals surface area contributed by atoms with Crippen LogP contribution >= 0.6 is 0 Å². The van der Waals surface area contributed by atoms with Crippen molar-refractivity contribution in [1.82, 2.24) is 14.8 Å². The summed E-state index contributed by atoms with van der Waals surface area (Å²) in [5.74, 6) is -1.67. The van der Waals surface area contributed by atoms with Crippen LogP contribution in [-0.2, 0) is 0 Å². The number of aromatic amines is 1. The normalized spacial score (nSPS) is 11.1. The quantitative estimate of drug-likeness (QED) is 0.699. The van der Waals surface area contributed by atoms with Crippen LogP contribution in [0.5, 0.6) is 0 Å². The number of H-pyrrole nitrogens is 1. The number of anilines is 1. The minimum absolute atomic E-state index is 0.00824. The van der Waals surface area contributed by atoms with Crippen molar-refractivity contribution in [2.24, 2.45) is 0 Å². The van der Waals surface area contributed by atoms with Gasteiger partial charge in [-0.3, -0.25) is 14.5 Å². The van der Waals surface area contributed by atoms with E-state index in [0.29, 0.717) is 5.52 Å². The Morgan fingerprint density at radius 1 is 1.21 bits per heavy atom. The molecule has 0 unspecified atom stereocenters. The maximum absolute atomic E-state index is 13.7. The molecule has 5 nitrogen and oxygen atoms in total. The lowest BCUT2D eigenvalue weighted by Crippen LogP contribution is -2.20. The summed E-state index contributed by atoms with van der Waals surface area (Å²) in [5, 5.41) is 6.35. The van der Waals surface area contributed by atoms with Gasteiger partial charge in [-0.15, -0.1) is 0 Å². The first kappa shape index (κ1) is 11.4. The zero-order valence-electron chi connectivity index (χ0n) is 9.52. The first-order valence-electron chi connectivity index (χ1n) is 5.39. The molecule has 0 radical (unpaired) electrons. The van der Waals surface area contributed by atoms with Gasteiger partial charge < -0.3 is 5.73 Å². The molecule has 0 fully saturated rings. The average Bonchev–Trinajstić information content (AvgIpc) is 2.74. The highest BCUT2D eigenvalue weighted by Gasteiger charge is 2.15. The summed E-state index contributed by atoms with van der Waals surface area (Å²) in [4.78, 5) is 12.2. The Labute approximate surface area is 105 Å². The molecular formula is C12H8F2N4O. The first-order valence-corrected chi connectivity index (χ1v) is 5.39. The molecule has 3 aromatic rings. The van der Waals surface area contributed by atoms with Gasteiger partial charge in [0.15, 0.2) is 5.82 Å². The Balaban J connectivity index is 2.41. The average molecular weight is 262 g/mol. The maximum Gasteiger partial charge on any atom is 0.268 e. The fraction of sp³-hybridized carbons (Fsp3) is 0. The van der Waals surface area contributed by atoms with Crippen LogP contribution in [0.2, 0.25) is 0 Å². The largest absolute Gasteiger partial charge is 0.382 e. The summed E-state index contributed by atoms with van der Waals surface area (Å²) >= 11 is 0. The number of nitrogens with one attached hydrogen (secondary N) is 1. The van der Waals surface area contributed by atoms with Crippen molar-refractivity contribution in [2.45, 2.75) is 0 Å². The van der Waals surface area contributed by atoms with Crippen LogP contribution in [0.15, 0.2) is 35.3 Å². The zero-order valence-corrected chi connectivity index (χ0v) is 9.52. The van der Waals surface area contributed by atoms with Crippen molar-refractivity contribution >= 4 is 16.7 Å². The van der Waals surface area contributed by atoms with Crippen molar-refractivity contribution in [1.29, 1.82) is 0 Å². The fourth-order valence-corrected chi connectivity index (χ4v) is 1.95. The summed E-state index contributed by atoms with van der Waals surface area (Å²) in [6, 6.07) is 4.86. The monoisotopic (exact) mass is 262 g/mol. The Bertz CT molecular complexity index is 817. The van der Waals surface area contributed by atoms with Crippen LogP contribution < -0.4 is 11.3 Å². The molecule has 2 heterocycles. The summed E-state index contributed by atoms with van der Waals surface area (Å²) in [7, 11) is 0. The third-order valence-electron chi connectivity index (χ3n) is 2.82. The van der Waals surface area contributed by atoms with Gasteiger partial charge in [0.2, 0.25) is 0 Å². The topological polar surface area (TPSA) is 76.7 Å². The minimum Gasteiger partial charge on any atom is -0.382 e. The number of nitrogens with two attached hydrogens (primary N) is 1. The minimum atomic E-state index is -0.830. The van der Waals surface area contributed by atoms with E-state index in [9.17, 15) is 13.6 Å². The van der Waals surface area contributed by atoms with Gasteiger partial charge >= 0.3 is 0 Å². The maximum atomic E-state index is 13.7. The summed E-state index contributed by atoms with van der Waals surface area (Å²) in [6.45, 7) is 0. The van der Waals surface area contributed by atoms with Crippen LogP contribution in [0.1, 0.15) is 0 Å². The second-order valence-corrected chi connectivity index (χ2v) is 3.96. The van der Waals surface area contributed by atoms with Gasteiger partial charge in [0.1, 0.15) is 22.7 Å². The molecule has 0 saturated carbocycles. The van der Waals surface area contributed by atoms with E-state index < -0.39 is 22.9 Å². The standard InChI is InChI=1S/C12H8F2N4O/c13-6-2-1-3-7(14)10(6)18-5-4-8-9(12(18)19)11(15)17-16-8/h1-5H,(H3,15,16,17). The molecular weight excluding hydrogens is 254 g/mol. The molecule has 3 N–H and O–H groups in total. The van der Waals surface area contributed by atoms with Crippen molar-refractivity contribution in [3.63, 3.8) is 0 Å². The molecule has 7 heteroatoms. The molecule has 2 aromatic heterocycles. The van der Waals surface area contributed by atoms with Crippen LogP contribution in [-0.4, -0.2) is 14.8 Å². The lowest BCUT2D eigenvalue weighted by molar-refractivity contribution is 0.567. The van der Waals surface area contributed by atoms with Gasteiger partial charge in [0.05, 0.1) is 5.52 Å². The van der Waals surface area contributed by atoms with Gasteiger partial charge in [-0.2, -0.15) is 5.10 Å². The lowest BCUT2D eigenvalue weighted by Gasteiger charge is -2.08. The number of benzene rings is 1. The molecule has 1 aromatic carbocycles. The van der Waals surface area contributed by atoms with Crippen molar-refractivity contribution in [2.75, 3.05) is 5.73 Å². The van der Waals surface area contributed by atoms with Gasteiger partial charge in [-0.25, -0.2) is 8.78 Å². The molecule has 0 spiro atoms. The number of nitrogens with zero attached hydrogens (tertiary/aromatic N) is 2. The third-order valence-corrected chi connectivity index (χ3v) is 2.82. The Hall–Kier alpha value is -2.70. The number of fused-ring (bicyclic) bond motifs is 1. The van der Waals surface area contributed by atoms with E-state index in [1.165, 1.54) is 18.3 Å². The zero-order chi connectivity index (χ0) is 13.6. The van der Waals surface area contributed by atoms with E-state index >= 15 is 0 Å². The molecule has 0 atom stereocenters. The summed E-state index contributed by atoms with van der Waals surface area (Å²) in [6.07, 6.45) is 1.27. The van der Waals surface area contributed by atoms with Gasteiger partial charge in [-0.1, -0.05) is 6.07 Å². The smallest absolute Gasteiger partial charge is 0.268 e. The van der Waals surface area contributed by atoms with Gasteiger partial charge in [-0.05, 0) is 18.2 Å². The van der Waals surface area contributed by atoms with Crippen molar-refractivity contribution < 1.29 is 8.78 Å². The van der Waals surface area contributed by atoms with E-state index in [1.807, 2.05) is 0 Å². The SMILES string of the molecule is Nc1n[nH]c2ccn(-c3c(F)cccc3F)c(=O)c12. The number of aromatic nitrogens is 3. The lowest BCUT2D eigenvalue weighted by atomic mass is 10.2. The molecule has 0 amide bonds. The molecule has 96 valence electrons. The first-order chi connectivity index (χ1) is 9.09. The molecule has 0 bridgehead atoms. The summed E-state index contributed by atoms with van der Waals surface area (Å²) in [5.41, 5.74) is 4.90. The summed E-state index contributed by atoms with van der Waals surface area (Å²) < 4.78 is 28.3. The number of hydrogen-bond acceptors (Lipinski definition) is 3. The fourth-order valence-electron chi connectivity index (χ4n) is 1.95. The Kier molecular flexibility index (Phi) is 2.34. The van der Waals surface area contributed by atoms with Crippen LogP contribution in [0, 0.1) is 11.6 Å². The van der Waals surface area contributed by atoms with Crippen LogP contribution in [0.3, 0.4) is 0 Å². The van der Waals surface area contributed by atoms with Gasteiger partial charge in [0, 0.05) is 6.20 Å². The number of halogens is 2. The van der Waals surface area contributed by atoms with E-state index in [1.54, 1.807) is 0 Å². The van der Waals surface area contributed by atoms with Crippen molar-refractivity contribution in [3.05, 3.63) is 52.5 Å². The predicted molar refractivity (Wildman–Crippen MR) is 66.0 cm³/mol. The highest BCUT2D eigenvalue weighted by molar-refractivity contribution is 5.87. The molecule has 3 rings (SSSR count). The molecule has 0 aliphatic carbocycles. The number of rotatable bonds is 1. The molecule has 0 aliphatic rings.